The third kappa shape index (κ3) is 3.84. The lowest BCUT2D eigenvalue weighted by molar-refractivity contribution is -0.112. The van der Waals surface area contributed by atoms with E-state index in [1.54, 1.807) is 0 Å². The maximum Gasteiger partial charge on any atom is 0.293 e. The van der Waals surface area contributed by atoms with Crippen LogP contribution in [0.1, 0.15) is 18.1 Å². The van der Waals surface area contributed by atoms with Crippen molar-refractivity contribution in [3.63, 3.8) is 0 Å². The van der Waals surface area contributed by atoms with Gasteiger partial charge in [0, 0.05) is 29.4 Å². The number of nitrogens with zero attached hydrogens (tertiary/aromatic N) is 1. The van der Waals surface area contributed by atoms with E-state index in [9.17, 15) is 14.7 Å². The standard InChI is InChI=1S/C24H20N4O3/c1-2-26-23-18-8-6-16(15-5-3-4-14(10-15)13-29)11-19(18)21-22(28-23)17(7-9-20(25)30)12-27-24(21)31/h3-6,8,10-12,29H,2,13H2,1H3,(H2,25,30)(H,26,28)(H,27,31). The molecule has 2 aromatic carbocycles. The molecule has 1 amide bonds. The van der Waals surface area contributed by atoms with E-state index < -0.39 is 5.91 Å². The van der Waals surface area contributed by atoms with E-state index in [4.69, 9.17) is 5.73 Å². The Labute approximate surface area is 177 Å². The molecule has 7 heteroatoms. The number of fused-ring (bicyclic) bond motifs is 3. The van der Waals surface area contributed by atoms with Gasteiger partial charge in [0.1, 0.15) is 5.82 Å². The lowest BCUT2D eigenvalue weighted by atomic mass is 9.98. The van der Waals surface area contributed by atoms with Gasteiger partial charge in [-0.3, -0.25) is 9.59 Å². The fourth-order valence-corrected chi connectivity index (χ4v) is 3.57. The number of carbonyl (C=O) groups excluding carboxylic acids is 1. The smallest absolute Gasteiger partial charge is 0.293 e. The number of primary amides is 1. The first-order valence-corrected chi connectivity index (χ1v) is 9.76. The summed E-state index contributed by atoms with van der Waals surface area (Å²) in [6.07, 6.45) is 1.43. The zero-order chi connectivity index (χ0) is 22.0. The molecule has 0 aliphatic heterocycles. The van der Waals surface area contributed by atoms with Gasteiger partial charge in [0.15, 0.2) is 0 Å². The van der Waals surface area contributed by atoms with Gasteiger partial charge < -0.3 is 21.1 Å². The van der Waals surface area contributed by atoms with Crippen molar-refractivity contribution in [2.45, 2.75) is 13.5 Å². The molecule has 0 saturated carbocycles. The summed E-state index contributed by atoms with van der Waals surface area (Å²) in [5, 5.41) is 14.6. The highest BCUT2D eigenvalue weighted by molar-refractivity contribution is 6.12. The number of nitrogens with two attached hydrogens (primary N) is 1. The Morgan fingerprint density at radius 1 is 1.19 bits per heavy atom. The Morgan fingerprint density at radius 3 is 2.74 bits per heavy atom. The molecule has 0 unspecified atom stereocenters. The molecule has 5 N–H and O–H groups in total. The van der Waals surface area contributed by atoms with E-state index in [0.717, 1.165) is 22.1 Å². The fourth-order valence-electron chi connectivity index (χ4n) is 3.57. The average Bonchev–Trinajstić information content (AvgIpc) is 2.78. The fraction of sp³-hybridized carbons (Fsp3) is 0.125. The van der Waals surface area contributed by atoms with Gasteiger partial charge in [-0.15, -0.1) is 0 Å². The van der Waals surface area contributed by atoms with Gasteiger partial charge in [-0.25, -0.2) is 4.98 Å². The number of hydrogen-bond acceptors (Lipinski definition) is 5. The van der Waals surface area contributed by atoms with E-state index in [2.05, 4.69) is 27.1 Å². The van der Waals surface area contributed by atoms with Crippen LogP contribution in [0.25, 0.3) is 32.8 Å². The molecule has 0 aliphatic carbocycles. The van der Waals surface area contributed by atoms with Crippen molar-refractivity contribution in [1.29, 1.82) is 0 Å². The summed E-state index contributed by atoms with van der Waals surface area (Å²) in [4.78, 5) is 31.3. The van der Waals surface area contributed by atoms with Crippen LogP contribution in [0.3, 0.4) is 0 Å². The van der Waals surface area contributed by atoms with Crippen molar-refractivity contribution in [2.75, 3.05) is 11.9 Å². The molecule has 0 fully saturated rings. The number of benzene rings is 2. The minimum absolute atomic E-state index is 0.0552. The summed E-state index contributed by atoms with van der Waals surface area (Å²) >= 11 is 0. The predicted molar refractivity (Wildman–Crippen MR) is 121 cm³/mol. The molecule has 0 atom stereocenters. The monoisotopic (exact) mass is 412 g/mol. The van der Waals surface area contributed by atoms with Crippen LogP contribution in [-0.4, -0.2) is 27.5 Å². The maximum absolute atomic E-state index is 12.8. The van der Waals surface area contributed by atoms with Gasteiger partial charge >= 0.3 is 0 Å². The molecule has 0 saturated heterocycles. The minimum atomic E-state index is -0.766. The number of carbonyl (C=O) groups is 1. The number of H-pyrrole nitrogens is 1. The number of hydrogen-bond donors (Lipinski definition) is 4. The summed E-state index contributed by atoms with van der Waals surface area (Å²) in [7, 11) is 0. The summed E-state index contributed by atoms with van der Waals surface area (Å²) in [5.74, 6) is 4.86. The highest BCUT2D eigenvalue weighted by Crippen LogP contribution is 2.32. The summed E-state index contributed by atoms with van der Waals surface area (Å²) < 4.78 is 0. The number of aliphatic hydroxyl groups is 1. The second-order valence-electron chi connectivity index (χ2n) is 6.98. The van der Waals surface area contributed by atoms with E-state index in [1.165, 1.54) is 6.20 Å². The van der Waals surface area contributed by atoms with Gasteiger partial charge in [0.25, 0.3) is 11.5 Å². The van der Waals surface area contributed by atoms with Crippen molar-refractivity contribution < 1.29 is 9.90 Å². The Kier molecular flexibility index (Phi) is 5.39. The van der Waals surface area contributed by atoms with Crippen molar-refractivity contribution in [2.24, 2.45) is 5.73 Å². The van der Waals surface area contributed by atoms with Gasteiger partial charge in [0.05, 0.1) is 23.1 Å². The molecule has 2 heterocycles. The number of aromatic nitrogens is 2. The first-order valence-electron chi connectivity index (χ1n) is 9.76. The molecule has 4 rings (SSSR count). The molecule has 0 radical (unpaired) electrons. The SMILES string of the molecule is CCNc1nc2c(C#CC(N)=O)c[nH]c(=O)c2c2cc(-c3cccc(CO)c3)ccc12. The van der Waals surface area contributed by atoms with Crippen molar-refractivity contribution >= 4 is 33.4 Å². The second kappa shape index (κ2) is 8.30. The Balaban J connectivity index is 2.08. The number of rotatable bonds is 4. The Morgan fingerprint density at radius 2 is 2.00 bits per heavy atom. The first-order chi connectivity index (χ1) is 15.0. The molecule has 0 aliphatic rings. The van der Waals surface area contributed by atoms with Crippen molar-refractivity contribution in [3.05, 3.63) is 70.1 Å². The molecule has 4 aromatic rings. The van der Waals surface area contributed by atoms with Crippen LogP contribution in [0.5, 0.6) is 0 Å². The number of amides is 1. The van der Waals surface area contributed by atoms with Crippen LogP contribution in [0.2, 0.25) is 0 Å². The number of aliphatic hydroxyl groups excluding tert-OH is 1. The molecule has 2 aromatic heterocycles. The largest absolute Gasteiger partial charge is 0.392 e. The van der Waals surface area contributed by atoms with Gasteiger partial charge in [0.2, 0.25) is 0 Å². The Bertz CT molecular complexity index is 1440. The number of nitrogens with one attached hydrogen (secondary N) is 2. The lowest BCUT2D eigenvalue weighted by Crippen LogP contribution is -2.11. The maximum atomic E-state index is 12.8. The lowest BCUT2D eigenvalue weighted by Gasteiger charge is -2.13. The summed E-state index contributed by atoms with van der Waals surface area (Å²) in [6.45, 7) is 2.54. The van der Waals surface area contributed by atoms with Gasteiger partial charge in [-0.2, -0.15) is 0 Å². The van der Waals surface area contributed by atoms with Crippen molar-refractivity contribution in [3.8, 4) is 23.0 Å². The molecule has 154 valence electrons. The van der Waals surface area contributed by atoms with E-state index in [-0.39, 0.29) is 12.2 Å². The van der Waals surface area contributed by atoms with Gasteiger partial charge in [-0.05, 0) is 35.7 Å². The van der Waals surface area contributed by atoms with Crippen LogP contribution >= 0.6 is 0 Å². The molecule has 31 heavy (non-hydrogen) atoms. The number of anilines is 1. The van der Waals surface area contributed by atoms with Crippen LogP contribution in [0, 0.1) is 11.8 Å². The minimum Gasteiger partial charge on any atom is -0.392 e. The summed E-state index contributed by atoms with van der Waals surface area (Å²) in [6, 6.07) is 13.4. The molecule has 0 spiro atoms. The number of aromatic amines is 1. The number of pyridine rings is 2. The van der Waals surface area contributed by atoms with Crippen LogP contribution in [0.4, 0.5) is 5.82 Å². The zero-order valence-electron chi connectivity index (χ0n) is 16.8. The topological polar surface area (TPSA) is 121 Å². The van der Waals surface area contributed by atoms with Crippen LogP contribution in [0.15, 0.2) is 53.5 Å². The predicted octanol–water partition coefficient (Wildman–Crippen LogP) is 2.50. The van der Waals surface area contributed by atoms with Gasteiger partial charge in [-0.1, -0.05) is 36.3 Å². The zero-order valence-corrected chi connectivity index (χ0v) is 16.8. The third-order valence-corrected chi connectivity index (χ3v) is 4.94. The molecular formula is C24H20N4O3. The molecule has 0 bridgehead atoms. The average molecular weight is 412 g/mol. The summed E-state index contributed by atoms with van der Waals surface area (Å²) in [5.41, 5.74) is 8.26. The first kappa shape index (κ1) is 20.1. The van der Waals surface area contributed by atoms with Crippen molar-refractivity contribution in [1.82, 2.24) is 9.97 Å². The second-order valence-corrected chi connectivity index (χ2v) is 6.98. The Hall–Kier alpha value is -4.15. The molecular weight excluding hydrogens is 392 g/mol. The quantitative estimate of drug-likeness (QED) is 0.303. The van der Waals surface area contributed by atoms with Crippen LogP contribution < -0.4 is 16.6 Å². The highest BCUT2D eigenvalue weighted by atomic mass is 16.3. The highest BCUT2D eigenvalue weighted by Gasteiger charge is 2.15. The third-order valence-electron chi connectivity index (χ3n) is 4.94. The van der Waals surface area contributed by atoms with E-state index in [1.807, 2.05) is 49.4 Å². The van der Waals surface area contributed by atoms with E-state index in [0.29, 0.717) is 34.2 Å². The molecule has 7 nitrogen and oxygen atoms in total. The normalized spacial score (nSPS) is 10.6. The van der Waals surface area contributed by atoms with E-state index >= 15 is 0 Å². The van der Waals surface area contributed by atoms with Crippen LogP contribution in [-0.2, 0) is 11.4 Å².